The van der Waals surface area contributed by atoms with Gasteiger partial charge in [-0.05, 0) is 19.9 Å². The Hall–Kier alpha value is -1.04. The maximum absolute atomic E-state index is 12.1. The lowest BCUT2D eigenvalue weighted by Gasteiger charge is -2.01. The molecule has 0 unspecified atom stereocenters. The van der Waals surface area contributed by atoms with Crippen LogP contribution in [0.5, 0.6) is 5.06 Å². The number of thiophene rings is 1. The molecule has 6 heteroatoms. The zero-order valence-electron chi connectivity index (χ0n) is 8.14. The Kier molecular flexibility index (Phi) is 3.38. The van der Waals surface area contributed by atoms with Crippen LogP contribution in [0.4, 0.5) is 13.2 Å². The topological polar surface area (TPSA) is 26.3 Å². The number of hydrogen-bond donors (Lipinski definition) is 0. The lowest BCUT2D eigenvalue weighted by Crippen LogP contribution is -2.21. The van der Waals surface area contributed by atoms with Gasteiger partial charge in [-0.25, -0.2) is 0 Å². The molecule has 0 aliphatic carbocycles. The van der Waals surface area contributed by atoms with E-state index in [4.69, 9.17) is 4.74 Å². The van der Waals surface area contributed by atoms with E-state index in [1.807, 2.05) is 0 Å². The molecule has 1 rings (SSSR count). The molecule has 0 radical (unpaired) electrons. The molecule has 0 saturated carbocycles. The second-order valence-electron chi connectivity index (χ2n) is 2.84. The Labute approximate surface area is 88.7 Å². The average molecular weight is 238 g/mol. The molecule has 15 heavy (non-hydrogen) atoms. The number of rotatable bonds is 3. The quantitative estimate of drug-likeness (QED) is 0.756. The van der Waals surface area contributed by atoms with Gasteiger partial charge in [-0.2, -0.15) is 13.2 Å². The first kappa shape index (κ1) is 12.0. The van der Waals surface area contributed by atoms with Gasteiger partial charge in [0.05, 0.1) is 11.5 Å². The van der Waals surface area contributed by atoms with Gasteiger partial charge in [0.2, 0.25) is 0 Å². The number of alkyl halides is 3. The molecular formula is C9H9F3O2S. The highest BCUT2D eigenvalue weighted by molar-refractivity contribution is 7.16. The molecule has 84 valence electrons. The molecule has 0 amide bonds. The van der Waals surface area contributed by atoms with E-state index in [9.17, 15) is 18.0 Å². The number of aryl methyl sites for hydroxylation is 1. The van der Waals surface area contributed by atoms with Gasteiger partial charge in [-0.3, -0.25) is 4.79 Å². The largest absolute Gasteiger partial charge is 0.484 e. The van der Waals surface area contributed by atoms with Crippen molar-refractivity contribution in [3.8, 4) is 5.06 Å². The second-order valence-corrected chi connectivity index (χ2v) is 3.86. The Morgan fingerprint density at radius 3 is 2.60 bits per heavy atom. The summed E-state index contributed by atoms with van der Waals surface area (Å²) in [4.78, 5) is 10.5. The smallest absolute Gasteiger partial charge is 0.455 e. The number of halogens is 3. The molecule has 0 aromatic carbocycles. The van der Waals surface area contributed by atoms with Crippen LogP contribution in [-0.4, -0.2) is 18.6 Å². The molecule has 0 aliphatic heterocycles. The molecule has 0 N–H and O–H groups in total. The number of carbonyl (C=O) groups is 1. The van der Waals surface area contributed by atoms with Crippen molar-refractivity contribution in [2.45, 2.75) is 20.0 Å². The number of carbonyl (C=O) groups excluding carboxylic acids is 1. The molecule has 0 fully saturated rings. The Morgan fingerprint density at radius 1 is 1.53 bits per heavy atom. The van der Waals surface area contributed by atoms with Crippen molar-refractivity contribution in [3.63, 3.8) is 0 Å². The maximum atomic E-state index is 12.1. The minimum atomic E-state index is -4.82. The van der Waals surface area contributed by atoms with E-state index in [1.165, 1.54) is 6.07 Å². The molecule has 1 aromatic rings. The van der Waals surface area contributed by atoms with E-state index < -0.39 is 12.0 Å². The summed E-state index contributed by atoms with van der Waals surface area (Å²) in [5, 5.41) is 0.366. The molecular weight excluding hydrogens is 229 g/mol. The number of hydrogen-bond acceptors (Lipinski definition) is 3. The molecule has 2 nitrogen and oxygen atoms in total. The summed E-state index contributed by atoms with van der Waals surface area (Å²) in [6, 6.07) is 1.20. The third-order valence-electron chi connectivity index (χ3n) is 1.63. The molecule has 0 bridgehead atoms. The molecule has 0 aliphatic rings. The van der Waals surface area contributed by atoms with Crippen LogP contribution in [0.25, 0.3) is 0 Å². The van der Waals surface area contributed by atoms with Crippen molar-refractivity contribution >= 4 is 17.1 Å². The predicted octanol–water partition coefficient (Wildman–Crippen LogP) is 3.20. The van der Waals surface area contributed by atoms with Crippen LogP contribution >= 0.6 is 11.3 Å². The van der Waals surface area contributed by atoms with Crippen molar-refractivity contribution in [1.82, 2.24) is 0 Å². The molecule has 0 saturated heterocycles. The predicted molar refractivity (Wildman–Crippen MR) is 50.6 cm³/mol. The first-order valence-electron chi connectivity index (χ1n) is 4.21. The standard InChI is InChI=1S/C9H9F3O2S/c1-3-14-8-5(2)4-6(15-8)7(13)9(10,11)12/h4H,3H2,1-2H3. The minimum absolute atomic E-state index is 0.330. The molecule has 0 spiro atoms. The van der Waals surface area contributed by atoms with Crippen molar-refractivity contribution in [2.24, 2.45) is 0 Å². The normalized spacial score (nSPS) is 11.5. The van der Waals surface area contributed by atoms with Crippen LogP contribution in [0.2, 0.25) is 0 Å². The molecule has 0 atom stereocenters. The van der Waals surface area contributed by atoms with Gasteiger partial charge in [-0.1, -0.05) is 11.3 Å². The minimum Gasteiger partial charge on any atom is -0.484 e. The van der Waals surface area contributed by atoms with Crippen LogP contribution in [0.1, 0.15) is 22.2 Å². The van der Waals surface area contributed by atoms with Crippen LogP contribution in [0, 0.1) is 6.92 Å². The van der Waals surface area contributed by atoms with Crippen molar-refractivity contribution < 1.29 is 22.7 Å². The fourth-order valence-electron chi connectivity index (χ4n) is 0.991. The number of Topliss-reactive ketones (excluding diaryl/α,β-unsaturated/α-hetero) is 1. The lowest BCUT2D eigenvalue weighted by molar-refractivity contribution is -0.0882. The van der Waals surface area contributed by atoms with E-state index in [-0.39, 0.29) is 4.88 Å². The Morgan fingerprint density at radius 2 is 2.13 bits per heavy atom. The number of ether oxygens (including phenoxy) is 1. The monoisotopic (exact) mass is 238 g/mol. The second kappa shape index (κ2) is 4.22. The first-order chi connectivity index (χ1) is 6.86. The van der Waals surface area contributed by atoms with Gasteiger partial charge in [0.1, 0.15) is 0 Å². The average Bonchev–Trinajstić information content (AvgIpc) is 2.46. The highest BCUT2D eigenvalue weighted by Gasteiger charge is 2.40. The van der Waals surface area contributed by atoms with Crippen molar-refractivity contribution in [2.75, 3.05) is 6.61 Å². The van der Waals surface area contributed by atoms with Gasteiger partial charge in [-0.15, -0.1) is 0 Å². The summed E-state index contributed by atoms with van der Waals surface area (Å²) in [5.41, 5.74) is 0.550. The first-order valence-corrected chi connectivity index (χ1v) is 5.02. The fourth-order valence-corrected chi connectivity index (χ4v) is 2.03. The van der Waals surface area contributed by atoms with E-state index in [2.05, 4.69) is 0 Å². The molecule has 1 aromatic heterocycles. The van der Waals surface area contributed by atoms with Gasteiger partial charge in [0, 0.05) is 5.56 Å². The third kappa shape index (κ3) is 2.71. The number of ketones is 1. The summed E-state index contributed by atoms with van der Waals surface area (Å²) in [6.07, 6.45) is -4.82. The Balaban J connectivity index is 2.97. The van der Waals surface area contributed by atoms with E-state index in [1.54, 1.807) is 13.8 Å². The van der Waals surface area contributed by atoms with Crippen LogP contribution in [-0.2, 0) is 0 Å². The van der Waals surface area contributed by atoms with E-state index in [0.29, 0.717) is 17.2 Å². The summed E-state index contributed by atoms with van der Waals surface area (Å²) in [7, 11) is 0. The zero-order chi connectivity index (χ0) is 11.6. The Bertz CT molecular complexity index is 368. The summed E-state index contributed by atoms with van der Waals surface area (Å²) in [6.45, 7) is 3.69. The van der Waals surface area contributed by atoms with E-state index >= 15 is 0 Å². The van der Waals surface area contributed by atoms with Crippen molar-refractivity contribution in [3.05, 3.63) is 16.5 Å². The third-order valence-corrected chi connectivity index (χ3v) is 2.78. The zero-order valence-corrected chi connectivity index (χ0v) is 8.96. The highest BCUT2D eigenvalue weighted by Crippen LogP contribution is 2.33. The molecule has 1 heterocycles. The van der Waals surface area contributed by atoms with Crippen LogP contribution in [0.15, 0.2) is 6.07 Å². The van der Waals surface area contributed by atoms with Gasteiger partial charge < -0.3 is 4.74 Å². The maximum Gasteiger partial charge on any atom is 0.455 e. The SMILES string of the molecule is CCOc1sc(C(=O)C(F)(F)F)cc1C. The van der Waals surface area contributed by atoms with Gasteiger partial charge in [0.15, 0.2) is 5.06 Å². The fraction of sp³-hybridized carbons (Fsp3) is 0.444. The van der Waals surface area contributed by atoms with Crippen LogP contribution < -0.4 is 4.74 Å². The van der Waals surface area contributed by atoms with Crippen molar-refractivity contribution in [1.29, 1.82) is 0 Å². The summed E-state index contributed by atoms with van der Waals surface area (Å²) < 4.78 is 41.3. The van der Waals surface area contributed by atoms with Gasteiger partial charge >= 0.3 is 6.18 Å². The van der Waals surface area contributed by atoms with Crippen LogP contribution in [0.3, 0.4) is 0 Å². The lowest BCUT2D eigenvalue weighted by atomic mass is 10.2. The summed E-state index contributed by atoms with van der Waals surface area (Å²) in [5.74, 6) is -1.82. The highest BCUT2D eigenvalue weighted by atomic mass is 32.1. The van der Waals surface area contributed by atoms with E-state index in [0.717, 1.165) is 11.3 Å². The summed E-state index contributed by atoms with van der Waals surface area (Å²) >= 11 is 0.727. The van der Waals surface area contributed by atoms with Gasteiger partial charge in [0.25, 0.3) is 5.78 Å².